The first-order valence-corrected chi connectivity index (χ1v) is 14.8. The lowest BCUT2D eigenvalue weighted by atomic mass is 10.1. The third-order valence-electron chi connectivity index (χ3n) is 7.59. The minimum atomic E-state index is -1.25. The van der Waals surface area contributed by atoms with E-state index in [1.807, 2.05) is 30.3 Å². The predicted octanol–water partition coefficient (Wildman–Crippen LogP) is 5.79. The van der Waals surface area contributed by atoms with Gasteiger partial charge in [-0.1, -0.05) is 17.4 Å². The summed E-state index contributed by atoms with van der Waals surface area (Å²) in [5.41, 5.74) is 3.44. The van der Waals surface area contributed by atoms with Gasteiger partial charge in [0, 0.05) is 49.2 Å². The monoisotopic (exact) mass is 608 g/mol. The highest BCUT2D eigenvalue weighted by molar-refractivity contribution is 9.10. The molecule has 2 aromatic heterocycles. The first kappa shape index (κ1) is 26.0. The molecule has 2 fully saturated rings. The molecule has 202 valence electrons. The van der Waals surface area contributed by atoms with Crippen molar-refractivity contribution >= 4 is 54.3 Å². The molecule has 4 aromatic rings. The number of carbonyl (C=O) groups is 1. The number of pyridine rings is 1. The van der Waals surface area contributed by atoms with Crippen LogP contribution in [-0.4, -0.2) is 60.0 Å². The second-order valence-corrected chi connectivity index (χ2v) is 11.9. The summed E-state index contributed by atoms with van der Waals surface area (Å²) in [5.74, 6) is -1.25. The van der Waals surface area contributed by atoms with Crippen LogP contribution in [0.3, 0.4) is 0 Å². The summed E-state index contributed by atoms with van der Waals surface area (Å²) < 4.78 is 9.16. The minimum Gasteiger partial charge on any atom is -0.477 e. The Balaban J connectivity index is 1.43. The van der Waals surface area contributed by atoms with Crippen molar-refractivity contribution in [2.45, 2.75) is 31.7 Å². The Labute approximate surface area is 238 Å². The smallest absolute Gasteiger partial charge is 0.341 e. The van der Waals surface area contributed by atoms with Crippen LogP contribution in [0.2, 0.25) is 0 Å². The lowest BCUT2D eigenvalue weighted by Crippen LogP contribution is -2.32. The third-order valence-corrected chi connectivity index (χ3v) is 9.28. The van der Waals surface area contributed by atoms with Crippen molar-refractivity contribution in [3.05, 3.63) is 68.9 Å². The summed E-state index contributed by atoms with van der Waals surface area (Å²) in [6.45, 7) is 3.67. The SMILES string of the molecule is COC[C@H]1CCCN1c1nc2ccc(-n3cc(C(=O)O)c(=O)cc3-c3ccc(N4CCCC4)c(Br)c3)cc2s1. The van der Waals surface area contributed by atoms with Crippen LogP contribution < -0.4 is 15.2 Å². The highest BCUT2D eigenvalue weighted by Crippen LogP contribution is 2.36. The van der Waals surface area contributed by atoms with Gasteiger partial charge in [-0.25, -0.2) is 9.78 Å². The van der Waals surface area contributed by atoms with Gasteiger partial charge in [0.15, 0.2) is 10.6 Å². The van der Waals surface area contributed by atoms with Crippen LogP contribution in [0.4, 0.5) is 10.8 Å². The second-order valence-electron chi connectivity index (χ2n) is 10.1. The van der Waals surface area contributed by atoms with E-state index < -0.39 is 11.4 Å². The molecular weight excluding hydrogens is 580 g/mol. The molecule has 0 bridgehead atoms. The number of aromatic carboxylic acids is 1. The fraction of sp³-hybridized carbons (Fsp3) is 0.345. The maximum absolute atomic E-state index is 12.8. The fourth-order valence-electron chi connectivity index (χ4n) is 5.64. The molecule has 39 heavy (non-hydrogen) atoms. The summed E-state index contributed by atoms with van der Waals surface area (Å²) in [6.07, 6.45) is 5.98. The molecule has 6 rings (SSSR count). The number of hydrogen-bond donors (Lipinski definition) is 1. The average molecular weight is 610 g/mol. The number of hydrogen-bond acceptors (Lipinski definition) is 7. The van der Waals surface area contributed by atoms with Crippen molar-refractivity contribution in [3.8, 4) is 16.9 Å². The van der Waals surface area contributed by atoms with Crippen LogP contribution in [0, 0.1) is 0 Å². The van der Waals surface area contributed by atoms with Crippen molar-refractivity contribution < 1.29 is 14.6 Å². The number of thiazole rings is 1. The first-order valence-electron chi connectivity index (χ1n) is 13.1. The average Bonchev–Trinajstić information content (AvgIpc) is 3.69. The van der Waals surface area contributed by atoms with Gasteiger partial charge in [-0.15, -0.1) is 0 Å². The lowest BCUT2D eigenvalue weighted by molar-refractivity contribution is 0.0695. The van der Waals surface area contributed by atoms with Crippen LogP contribution in [0.25, 0.3) is 27.2 Å². The van der Waals surface area contributed by atoms with Crippen molar-refractivity contribution in [2.75, 3.05) is 43.2 Å². The topological polar surface area (TPSA) is 87.9 Å². The Hall–Kier alpha value is -3.21. The largest absolute Gasteiger partial charge is 0.477 e. The highest BCUT2D eigenvalue weighted by atomic mass is 79.9. The standard InChI is InChI=1S/C29H29BrN4O4S/c1-38-17-20-5-4-12-33(20)29-31-23-8-7-19(14-27(23)39-29)34-16-21(28(36)37)26(35)15-25(34)18-6-9-24(22(30)13-18)32-10-2-3-11-32/h6-9,13-16,20H,2-5,10-12,17H2,1H3,(H,36,37)/t20-/m1/s1. The molecule has 0 amide bonds. The van der Waals surface area contributed by atoms with Crippen molar-refractivity contribution in [1.82, 2.24) is 9.55 Å². The number of nitrogens with zero attached hydrogens (tertiary/aromatic N) is 4. The van der Waals surface area contributed by atoms with Crippen LogP contribution in [0.15, 0.2) is 57.9 Å². The molecule has 8 nitrogen and oxygen atoms in total. The fourth-order valence-corrected chi connectivity index (χ4v) is 7.36. The van der Waals surface area contributed by atoms with Gasteiger partial charge < -0.3 is 24.2 Å². The molecule has 1 atom stereocenters. The van der Waals surface area contributed by atoms with Gasteiger partial charge in [-0.3, -0.25) is 4.79 Å². The molecule has 2 aliphatic rings. The van der Waals surface area contributed by atoms with Crippen molar-refractivity contribution in [2.24, 2.45) is 0 Å². The molecule has 2 aromatic carbocycles. The number of methoxy groups -OCH3 is 1. The second kappa shape index (κ2) is 10.7. The summed E-state index contributed by atoms with van der Waals surface area (Å²) in [7, 11) is 1.73. The molecule has 0 radical (unpaired) electrons. The van der Waals surface area contributed by atoms with E-state index in [2.05, 4.69) is 31.8 Å². The van der Waals surface area contributed by atoms with Gasteiger partial charge >= 0.3 is 5.97 Å². The van der Waals surface area contributed by atoms with E-state index in [0.717, 1.165) is 69.2 Å². The summed E-state index contributed by atoms with van der Waals surface area (Å²) >= 11 is 5.35. The Morgan fingerprint density at radius 2 is 1.95 bits per heavy atom. The number of ether oxygens (including phenoxy) is 1. The summed E-state index contributed by atoms with van der Waals surface area (Å²) in [4.78, 5) is 34.3. The molecule has 0 spiro atoms. The van der Waals surface area contributed by atoms with E-state index in [9.17, 15) is 14.7 Å². The maximum atomic E-state index is 12.8. The van der Waals surface area contributed by atoms with Crippen LogP contribution in [0.5, 0.6) is 0 Å². The zero-order valence-corrected chi connectivity index (χ0v) is 24.0. The summed E-state index contributed by atoms with van der Waals surface area (Å²) in [5, 5.41) is 10.7. The van der Waals surface area contributed by atoms with Gasteiger partial charge in [0.05, 0.1) is 34.2 Å². The number of fused-ring (bicyclic) bond motifs is 1. The van der Waals surface area contributed by atoms with E-state index in [1.54, 1.807) is 23.0 Å². The molecule has 2 aliphatic heterocycles. The summed E-state index contributed by atoms with van der Waals surface area (Å²) in [6, 6.07) is 13.7. The normalized spacial score (nSPS) is 17.4. The van der Waals surface area contributed by atoms with E-state index in [4.69, 9.17) is 9.72 Å². The number of aromatic nitrogens is 2. The number of halogens is 1. The Bertz CT molecular complexity index is 1610. The molecule has 0 saturated carbocycles. The number of rotatable bonds is 7. The van der Waals surface area contributed by atoms with Gasteiger partial charge in [0.25, 0.3) is 0 Å². The highest BCUT2D eigenvalue weighted by Gasteiger charge is 2.27. The maximum Gasteiger partial charge on any atom is 0.341 e. The van der Waals surface area contributed by atoms with E-state index >= 15 is 0 Å². The zero-order valence-electron chi connectivity index (χ0n) is 21.6. The van der Waals surface area contributed by atoms with E-state index in [-0.39, 0.29) is 5.56 Å². The number of carboxylic acid groups (broad SMARTS) is 1. The minimum absolute atomic E-state index is 0.268. The Kier molecular flexibility index (Phi) is 7.18. The molecular formula is C29H29BrN4O4S. The number of carboxylic acids is 1. The number of anilines is 2. The van der Waals surface area contributed by atoms with Gasteiger partial charge in [-0.2, -0.15) is 0 Å². The predicted molar refractivity (Wildman–Crippen MR) is 159 cm³/mol. The molecule has 0 unspecified atom stereocenters. The van der Waals surface area contributed by atoms with Crippen LogP contribution >= 0.6 is 27.3 Å². The lowest BCUT2D eigenvalue weighted by Gasteiger charge is -2.22. The zero-order chi connectivity index (χ0) is 27.1. The van der Waals surface area contributed by atoms with Gasteiger partial charge in [0.1, 0.15) is 5.56 Å². The Morgan fingerprint density at radius 3 is 2.69 bits per heavy atom. The molecule has 10 heteroatoms. The molecule has 1 N–H and O–H groups in total. The Morgan fingerprint density at radius 1 is 1.13 bits per heavy atom. The van der Waals surface area contributed by atoms with Crippen LogP contribution in [-0.2, 0) is 4.74 Å². The quantitative estimate of drug-likeness (QED) is 0.284. The van der Waals surface area contributed by atoms with Crippen molar-refractivity contribution in [1.29, 1.82) is 0 Å². The van der Waals surface area contributed by atoms with Crippen LogP contribution in [0.1, 0.15) is 36.0 Å². The third kappa shape index (κ3) is 4.97. The van der Waals surface area contributed by atoms with Gasteiger partial charge in [-0.05, 0) is 77.5 Å². The molecule has 4 heterocycles. The number of benzene rings is 2. The molecule has 2 saturated heterocycles. The van der Waals surface area contributed by atoms with E-state index in [0.29, 0.717) is 18.3 Å². The van der Waals surface area contributed by atoms with Crippen molar-refractivity contribution in [3.63, 3.8) is 0 Å². The first-order chi connectivity index (χ1) is 18.9. The molecule has 0 aliphatic carbocycles. The van der Waals surface area contributed by atoms with E-state index in [1.165, 1.54) is 25.1 Å². The van der Waals surface area contributed by atoms with Gasteiger partial charge in [0.2, 0.25) is 0 Å².